The highest BCUT2D eigenvalue weighted by Crippen LogP contribution is 2.12. The van der Waals surface area contributed by atoms with Gasteiger partial charge in [-0.2, -0.15) is 0 Å². The number of rotatable bonds is 1. The van der Waals surface area contributed by atoms with Gasteiger partial charge < -0.3 is 4.43 Å². The molecule has 0 atom stereocenters. The van der Waals surface area contributed by atoms with E-state index in [0.717, 1.165) is 11.1 Å². The molecule has 1 aromatic rings. The molecule has 0 saturated heterocycles. The molecule has 0 N–H and O–H groups in total. The van der Waals surface area contributed by atoms with Crippen LogP contribution in [0.15, 0.2) is 18.2 Å². The fourth-order valence-corrected chi connectivity index (χ4v) is 1.30. The van der Waals surface area contributed by atoms with Crippen molar-refractivity contribution < 1.29 is 9.22 Å². The molecule has 0 spiro atoms. The molecule has 0 fully saturated rings. The molecule has 1 aromatic carbocycles. The minimum atomic E-state index is -0.206. The summed E-state index contributed by atoms with van der Waals surface area (Å²) in [6.45, 7) is 3.92. The highest BCUT2D eigenvalue weighted by molar-refractivity contribution is 6.09. The standard InChI is InChI=1S/C9H12O2Si/c1-6-4-3-5-8(7(6)2)9(10)11-12/h3-5H,1-2,12H3. The molecule has 2 nitrogen and oxygen atoms in total. The van der Waals surface area contributed by atoms with E-state index in [2.05, 4.69) is 0 Å². The Labute approximate surface area is 75.1 Å². The van der Waals surface area contributed by atoms with Gasteiger partial charge in [-0.25, -0.2) is 4.79 Å². The van der Waals surface area contributed by atoms with Crippen LogP contribution < -0.4 is 0 Å². The highest BCUT2D eigenvalue weighted by Gasteiger charge is 2.08. The minimum absolute atomic E-state index is 0.206. The van der Waals surface area contributed by atoms with Crippen LogP contribution in [0.2, 0.25) is 0 Å². The maximum Gasteiger partial charge on any atom is 0.324 e. The topological polar surface area (TPSA) is 26.3 Å². The predicted molar refractivity (Wildman–Crippen MR) is 51.3 cm³/mol. The molecule has 3 heteroatoms. The fourth-order valence-electron chi connectivity index (χ4n) is 1.08. The molecule has 12 heavy (non-hydrogen) atoms. The lowest BCUT2D eigenvalue weighted by Gasteiger charge is -2.05. The number of aryl methyl sites for hydroxylation is 1. The average Bonchev–Trinajstić information content (AvgIpc) is 2.08. The van der Waals surface area contributed by atoms with Gasteiger partial charge in [0.1, 0.15) is 0 Å². The zero-order valence-corrected chi connectivity index (χ0v) is 9.55. The van der Waals surface area contributed by atoms with Gasteiger partial charge in [-0.1, -0.05) is 12.1 Å². The van der Waals surface area contributed by atoms with E-state index in [1.54, 1.807) is 6.07 Å². The number of carbonyl (C=O) groups excluding carboxylic acids is 1. The number of hydrogen-bond donors (Lipinski definition) is 0. The van der Waals surface area contributed by atoms with E-state index in [0.29, 0.717) is 16.0 Å². The Balaban J connectivity index is 3.16. The molecule has 0 aromatic heterocycles. The SMILES string of the molecule is Cc1cccc(C(=O)O[SiH3])c1C. The van der Waals surface area contributed by atoms with Crippen molar-refractivity contribution in [1.82, 2.24) is 0 Å². The molecule has 0 heterocycles. The Morgan fingerprint density at radius 2 is 2.08 bits per heavy atom. The van der Waals surface area contributed by atoms with Crippen LogP contribution in [-0.2, 0) is 4.43 Å². The molecule has 0 saturated carbocycles. The van der Waals surface area contributed by atoms with Crippen molar-refractivity contribution in [3.05, 3.63) is 34.9 Å². The average molecular weight is 180 g/mol. The zero-order chi connectivity index (χ0) is 9.14. The molecule has 0 unspecified atom stereocenters. The summed E-state index contributed by atoms with van der Waals surface area (Å²) in [5.74, 6) is -0.206. The Morgan fingerprint density at radius 3 is 2.67 bits per heavy atom. The monoisotopic (exact) mass is 180 g/mol. The van der Waals surface area contributed by atoms with Gasteiger partial charge in [-0.15, -0.1) is 0 Å². The summed E-state index contributed by atoms with van der Waals surface area (Å²) in [4.78, 5) is 11.2. The van der Waals surface area contributed by atoms with E-state index in [-0.39, 0.29) is 5.97 Å². The molecule has 64 valence electrons. The second-order valence-corrected chi connectivity index (χ2v) is 3.15. The Morgan fingerprint density at radius 1 is 1.42 bits per heavy atom. The van der Waals surface area contributed by atoms with Crippen molar-refractivity contribution in [1.29, 1.82) is 0 Å². The minimum Gasteiger partial charge on any atom is -0.525 e. The molecule has 0 aliphatic heterocycles. The summed E-state index contributed by atoms with van der Waals surface area (Å²) < 4.78 is 4.77. The third-order valence-corrected chi connectivity index (χ3v) is 2.38. The first-order chi connectivity index (χ1) is 5.66. The second kappa shape index (κ2) is 3.54. The van der Waals surface area contributed by atoms with E-state index >= 15 is 0 Å². The van der Waals surface area contributed by atoms with Crippen molar-refractivity contribution in [2.75, 3.05) is 0 Å². The summed E-state index contributed by atoms with van der Waals surface area (Å²) in [5.41, 5.74) is 2.82. The van der Waals surface area contributed by atoms with Crippen molar-refractivity contribution in [3.8, 4) is 0 Å². The third kappa shape index (κ3) is 1.56. The van der Waals surface area contributed by atoms with Gasteiger partial charge >= 0.3 is 5.97 Å². The lowest BCUT2D eigenvalue weighted by molar-refractivity contribution is 0.0749. The van der Waals surface area contributed by atoms with E-state index in [4.69, 9.17) is 4.43 Å². The third-order valence-electron chi connectivity index (χ3n) is 2.01. The first kappa shape index (κ1) is 9.00. The molecule has 0 radical (unpaired) electrons. The van der Waals surface area contributed by atoms with E-state index in [1.165, 1.54) is 0 Å². The molecule has 1 rings (SSSR count). The van der Waals surface area contributed by atoms with Gasteiger partial charge in [-0.3, -0.25) is 0 Å². The molecular weight excluding hydrogens is 168 g/mol. The van der Waals surface area contributed by atoms with Crippen LogP contribution >= 0.6 is 0 Å². The van der Waals surface area contributed by atoms with E-state index in [9.17, 15) is 4.79 Å². The van der Waals surface area contributed by atoms with Gasteiger partial charge in [-0.05, 0) is 31.0 Å². The first-order valence-electron chi connectivity index (χ1n) is 3.81. The van der Waals surface area contributed by atoms with Gasteiger partial charge in [0.25, 0.3) is 0 Å². The number of hydrogen-bond acceptors (Lipinski definition) is 2. The second-order valence-electron chi connectivity index (χ2n) is 2.74. The smallest absolute Gasteiger partial charge is 0.324 e. The van der Waals surface area contributed by atoms with Gasteiger partial charge in [0, 0.05) is 0 Å². The molecule has 0 aliphatic rings. The van der Waals surface area contributed by atoms with Crippen LogP contribution in [0, 0.1) is 13.8 Å². The van der Waals surface area contributed by atoms with Crippen LogP contribution in [0.5, 0.6) is 0 Å². The van der Waals surface area contributed by atoms with E-state index < -0.39 is 0 Å². The van der Waals surface area contributed by atoms with Crippen LogP contribution in [0.4, 0.5) is 0 Å². The lowest BCUT2D eigenvalue weighted by atomic mass is 10.0. The Kier molecular flexibility index (Phi) is 2.65. The van der Waals surface area contributed by atoms with E-state index in [1.807, 2.05) is 26.0 Å². The van der Waals surface area contributed by atoms with Crippen LogP contribution in [0.3, 0.4) is 0 Å². The largest absolute Gasteiger partial charge is 0.525 e. The summed E-state index contributed by atoms with van der Waals surface area (Å²) in [5, 5.41) is 0. The first-order valence-corrected chi connectivity index (χ1v) is 4.63. The van der Waals surface area contributed by atoms with Crippen LogP contribution in [-0.4, -0.2) is 16.5 Å². The maximum atomic E-state index is 11.2. The van der Waals surface area contributed by atoms with Crippen molar-refractivity contribution in [2.45, 2.75) is 13.8 Å². The molecular formula is C9H12O2Si. The number of benzene rings is 1. The summed E-state index contributed by atoms with van der Waals surface area (Å²) in [7, 11) is 0.454. The van der Waals surface area contributed by atoms with Crippen molar-refractivity contribution in [3.63, 3.8) is 0 Å². The maximum absolute atomic E-state index is 11.2. The molecule has 0 aliphatic carbocycles. The van der Waals surface area contributed by atoms with Crippen LogP contribution in [0.25, 0.3) is 0 Å². The Bertz CT molecular complexity index is 307. The van der Waals surface area contributed by atoms with Gasteiger partial charge in [0.2, 0.25) is 10.5 Å². The summed E-state index contributed by atoms with van der Waals surface area (Å²) in [6.07, 6.45) is 0. The normalized spacial score (nSPS) is 9.83. The van der Waals surface area contributed by atoms with Gasteiger partial charge in [0.15, 0.2) is 0 Å². The molecule has 0 bridgehead atoms. The summed E-state index contributed by atoms with van der Waals surface area (Å²) in [6, 6.07) is 5.65. The highest BCUT2D eigenvalue weighted by atomic mass is 28.2. The summed E-state index contributed by atoms with van der Waals surface area (Å²) >= 11 is 0. The number of carbonyl (C=O) groups is 1. The quantitative estimate of drug-likeness (QED) is 0.596. The van der Waals surface area contributed by atoms with Crippen molar-refractivity contribution >= 4 is 16.5 Å². The fraction of sp³-hybridized carbons (Fsp3) is 0.222. The van der Waals surface area contributed by atoms with Gasteiger partial charge in [0.05, 0.1) is 5.56 Å². The zero-order valence-electron chi connectivity index (χ0n) is 7.55. The predicted octanol–water partition coefficient (Wildman–Crippen LogP) is 0.741. The lowest BCUT2D eigenvalue weighted by Crippen LogP contribution is -2.05. The molecule has 0 amide bonds. The Hall–Kier alpha value is -1.09. The van der Waals surface area contributed by atoms with Crippen molar-refractivity contribution in [2.24, 2.45) is 0 Å². The van der Waals surface area contributed by atoms with Crippen LogP contribution in [0.1, 0.15) is 21.5 Å².